The van der Waals surface area contributed by atoms with Crippen LogP contribution in [0.15, 0.2) is 0 Å². The molecule has 0 bridgehead atoms. The predicted molar refractivity (Wildman–Crippen MR) is 190 cm³/mol. The fourth-order valence-electron chi connectivity index (χ4n) is 5.52. The zero-order chi connectivity index (χ0) is 39.8. The number of amides is 8. The van der Waals surface area contributed by atoms with Gasteiger partial charge in [-0.05, 0) is 39.0 Å². The van der Waals surface area contributed by atoms with Crippen LogP contribution in [0.4, 0.5) is 0 Å². The number of hydrogen-bond donors (Lipinski definition) is 11. The Hall–Kier alpha value is -4.64. The SMILES string of the molecule is C[C@H](NC(=O)CNC(=O)[C@H](CCC(=O)O)NC(=O)[C@@H]1CCCN1C(=O)CNC(=O)[C@@H]1CCCN1C(=O)[C@@H](N)CS)C(=O)NCC(=O)N[C@@H](CS)C(=O)O. The molecule has 6 atom stereocenters. The third-order valence-electron chi connectivity index (χ3n) is 8.35. The molecule has 2 aliphatic rings. The summed E-state index contributed by atoms with van der Waals surface area (Å²) < 4.78 is 0. The highest BCUT2D eigenvalue weighted by Gasteiger charge is 2.38. The van der Waals surface area contributed by atoms with Crippen molar-refractivity contribution in [2.24, 2.45) is 5.73 Å². The van der Waals surface area contributed by atoms with Gasteiger partial charge >= 0.3 is 11.9 Å². The van der Waals surface area contributed by atoms with Crippen LogP contribution in [0.5, 0.6) is 0 Å². The lowest BCUT2D eigenvalue weighted by atomic mass is 10.1. The van der Waals surface area contributed by atoms with E-state index < -0.39 is 122 Å². The normalized spacial score (nSPS) is 18.8. The standard InChI is InChI=1S/C30H47N9O12S2/c1-15(25(45)32-11-22(41)36-18(14-53)30(50)51)35-21(40)10-33-26(46)17(6-7-24(43)44)37-28(48)20-5-2-8-38(20)23(42)12-34-27(47)19-4-3-9-39(19)29(49)16(31)13-52/h15-20,52-53H,2-14,31H2,1H3,(H,32,45)(H,33,46)(H,34,47)(H,35,40)(H,36,41)(H,37,48)(H,43,44)(H,50,51)/t15-,16-,17-,18-,19-,20-/m0/s1. The molecular formula is C30H47N9O12S2. The van der Waals surface area contributed by atoms with E-state index in [4.69, 9.17) is 10.8 Å². The topological polar surface area (TPSA) is 316 Å². The lowest BCUT2D eigenvalue weighted by Gasteiger charge is -2.28. The van der Waals surface area contributed by atoms with Crippen molar-refractivity contribution in [3.8, 4) is 0 Å². The number of aliphatic carboxylic acids is 2. The Bertz CT molecular complexity index is 1420. The Morgan fingerprint density at radius 1 is 0.717 bits per heavy atom. The summed E-state index contributed by atoms with van der Waals surface area (Å²) in [6.07, 6.45) is 0.687. The highest BCUT2D eigenvalue weighted by molar-refractivity contribution is 7.80. The van der Waals surface area contributed by atoms with E-state index >= 15 is 0 Å². The van der Waals surface area contributed by atoms with Crippen LogP contribution in [0.2, 0.25) is 0 Å². The smallest absolute Gasteiger partial charge is 0.327 e. The molecule has 2 saturated heterocycles. The average molecular weight is 790 g/mol. The van der Waals surface area contributed by atoms with Gasteiger partial charge in [-0.15, -0.1) is 0 Å². The molecule has 0 saturated carbocycles. The van der Waals surface area contributed by atoms with Gasteiger partial charge < -0.3 is 57.6 Å². The van der Waals surface area contributed by atoms with Crippen LogP contribution in [0.1, 0.15) is 45.4 Å². The molecule has 53 heavy (non-hydrogen) atoms. The number of likely N-dealkylation sites (tertiary alicyclic amines) is 2. The third-order valence-corrected chi connectivity index (χ3v) is 9.11. The van der Waals surface area contributed by atoms with Crippen molar-refractivity contribution in [3.05, 3.63) is 0 Å². The fraction of sp³-hybridized carbons (Fsp3) is 0.667. The molecule has 0 unspecified atom stereocenters. The Balaban J connectivity index is 1.92. The van der Waals surface area contributed by atoms with Crippen LogP contribution in [0.25, 0.3) is 0 Å². The summed E-state index contributed by atoms with van der Waals surface area (Å²) in [5.41, 5.74) is 5.78. The summed E-state index contributed by atoms with van der Waals surface area (Å²) in [4.78, 5) is 126. The summed E-state index contributed by atoms with van der Waals surface area (Å²) in [5.74, 6) is -8.40. The van der Waals surface area contributed by atoms with Crippen molar-refractivity contribution in [2.75, 3.05) is 44.2 Å². The summed E-state index contributed by atoms with van der Waals surface area (Å²) in [7, 11) is 0. The highest BCUT2D eigenvalue weighted by Crippen LogP contribution is 2.20. The number of nitrogens with zero attached hydrogens (tertiary/aromatic N) is 2. The van der Waals surface area contributed by atoms with E-state index in [9.17, 15) is 53.1 Å². The van der Waals surface area contributed by atoms with Gasteiger partial charge in [0.05, 0.1) is 25.7 Å². The third kappa shape index (κ3) is 14.0. The van der Waals surface area contributed by atoms with Crippen LogP contribution >= 0.6 is 25.3 Å². The number of carboxylic acid groups (broad SMARTS) is 2. The second-order valence-corrected chi connectivity index (χ2v) is 13.0. The molecule has 2 rings (SSSR count). The molecule has 0 radical (unpaired) electrons. The Kier molecular flexibility index (Phi) is 18.3. The van der Waals surface area contributed by atoms with Gasteiger partial charge in [-0.3, -0.25) is 43.2 Å². The first-order valence-electron chi connectivity index (χ1n) is 16.7. The molecule has 2 fully saturated rings. The molecule has 8 amide bonds. The number of nitrogens with one attached hydrogen (secondary N) is 6. The minimum atomic E-state index is -1.43. The van der Waals surface area contributed by atoms with E-state index in [0.717, 1.165) is 0 Å². The molecule has 10 N–H and O–H groups in total. The minimum absolute atomic E-state index is 0.0935. The molecule has 0 aromatic rings. The zero-order valence-electron chi connectivity index (χ0n) is 29.0. The Labute approximate surface area is 315 Å². The second-order valence-electron chi connectivity index (χ2n) is 12.3. The average Bonchev–Trinajstić information content (AvgIpc) is 3.82. The number of carbonyl (C=O) groups is 10. The lowest BCUT2D eigenvalue weighted by Crippen LogP contribution is -2.56. The molecule has 0 aromatic heterocycles. The molecule has 0 aromatic carbocycles. The maximum atomic E-state index is 13.3. The van der Waals surface area contributed by atoms with Gasteiger partial charge in [-0.2, -0.15) is 25.3 Å². The van der Waals surface area contributed by atoms with Crippen LogP contribution in [-0.4, -0.2) is 160 Å². The molecule has 2 aliphatic heterocycles. The maximum absolute atomic E-state index is 13.3. The van der Waals surface area contributed by atoms with Gasteiger partial charge in [0.25, 0.3) is 0 Å². The van der Waals surface area contributed by atoms with Crippen molar-refractivity contribution >= 4 is 84.5 Å². The van der Waals surface area contributed by atoms with Crippen LogP contribution in [0.3, 0.4) is 0 Å². The first-order valence-corrected chi connectivity index (χ1v) is 18.0. The number of carboxylic acids is 2. The zero-order valence-corrected chi connectivity index (χ0v) is 30.8. The molecule has 21 nitrogen and oxygen atoms in total. The summed E-state index contributed by atoms with van der Waals surface area (Å²) in [6, 6.07) is -6.64. The molecule has 0 spiro atoms. The Morgan fingerprint density at radius 2 is 1.28 bits per heavy atom. The van der Waals surface area contributed by atoms with Crippen LogP contribution < -0.4 is 37.6 Å². The van der Waals surface area contributed by atoms with Gasteiger partial charge in [-0.25, -0.2) is 4.79 Å². The minimum Gasteiger partial charge on any atom is -0.481 e. The fourth-order valence-corrected chi connectivity index (χ4v) is 5.92. The van der Waals surface area contributed by atoms with Crippen molar-refractivity contribution in [2.45, 2.75) is 81.7 Å². The van der Waals surface area contributed by atoms with E-state index in [1.807, 2.05) is 0 Å². The lowest BCUT2D eigenvalue weighted by molar-refractivity contribution is -0.141. The van der Waals surface area contributed by atoms with Crippen molar-refractivity contribution < 1.29 is 58.2 Å². The molecule has 296 valence electrons. The summed E-state index contributed by atoms with van der Waals surface area (Å²) in [6.45, 7) is 0.0291. The van der Waals surface area contributed by atoms with E-state index in [0.29, 0.717) is 25.8 Å². The summed E-state index contributed by atoms with van der Waals surface area (Å²) in [5, 5.41) is 32.0. The number of nitrogens with two attached hydrogens (primary N) is 1. The highest BCUT2D eigenvalue weighted by atomic mass is 32.1. The molecule has 23 heteroatoms. The first-order chi connectivity index (χ1) is 25.0. The quantitative estimate of drug-likeness (QED) is 0.0516. The van der Waals surface area contributed by atoms with E-state index in [2.05, 4.69) is 57.2 Å². The van der Waals surface area contributed by atoms with E-state index in [1.54, 1.807) is 0 Å². The van der Waals surface area contributed by atoms with Crippen molar-refractivity contribution in [3.63, 3.8) is 0 Å². The number of thiol groups is 2. The van der Waals surface area contributed by atoms with Crippen LogP contribution in [0, 0.1) is 0 Å². The second kappa shape index (κ2) is 21.8. The summed E-state index contributed by atoms with van der Waals surface area (Å²) >= 11 is 7.84. The number of carbonyl (C=O) groups excluding carboxylic acids is 8. The van der Waals surface area contributed by atoms with Gasteiger partial charge in [0.1, 0.15) is 30.2 Å². The molecule has 0 aliphatic carbocycles. The van der Waals surface area contributed by atoms with Gasteiger partial charge in [0.15, 0.2) is 0 Å². The van der Waals surface area contributed by atoms with Gasteiger partial charge in [0, 0.05) is 31.0 Å². The monoisotopic (exact) mass is 789 g/mol. The first kappa shape index (κ1) is 44.5. The Morgan fingerprint density at radius 3 is 1.85 bits per heavy atom. The van der Waals surface area contributed by atoms with Crippen molar-refractivity contribution in [1.82, 2.24) is 41.7 Å². The van der Waals surface area contributed by atoms with E-state index in [1.165, 1.54) is 16.7 Å². The van der Waals surface area contributed by atoms with Crippen molar-refractivity contribution in [1.29, 1.82) is 0 Å². The van der Waals surface area contributed by atoms with E-state index in [-0.39, 0.29) is 30.9 Å². The molecular weight excluding hydrogens is 743 g/mol. The largest absolute Gasteiger partial charge is 0.481 e. The number of hydrogen-bond acceptors (Lipinski definition) is 13. The maximum Gasteiger partial charge on any atom is 0.327 e. The van der Waals surface area contributed by atoms with Crippen LogP contribution in [-0.2, 0) is 47.9 Å². The number of rotatable bonds is 20. The predicted octanol–water partition coefficient (Wildman–Crippen LogP) is -5.07. The van der Waals surface area contributed by atoms with Gasteiger partial charge in [0.2, 0.25) is 47.3 Å². The molecule has 2 heterocycles. The van der Waals surface area contributed by atoms with Gasteiger partial charge in [-0.1, -0.05) is 0 Å².